The van der Waals surface area contributed by atoms with Gasteiger partial charge in [-0.2, -0.15) is 0 Å². The number of piperidine rings is 1. The molecule has 0 unspecified atom stereocenters. The predicted molar refractivity (Wildman–Crippen MR) is 71.2 cm³/mol. The van der Waals surface area contributed by atoms with E-state index in [1.54, 1.807) is 0 Å². The zero-order valence-corrected chi connectivity index (χ0v) is 11.3. The normalized spacial score (nSPS) is 17.3. The van der Waals surface area contributed by atoms with Crippen molar-refractivity contribution in [1.29, 1.82) is 0 Å². The first kappa shape index (κ1) is 14.9. The first-order valence-electron chi connectivity index (χ1n) is 6.93. The summed E-state index contributed by atoms with van der Waals surface area (Å²) in [5.41, 5.74) is 0.122. The zero-order valence-electron chi connectivity index (χ0n) is 11.3. The van der Waals surface area contributed by atoms with Crippen LogP contribution in [0.1, 0.15) is 31.2 Å². The van der Waals surface area contributed by atoms with Crippen LogP contribution < -0.4 is 0 Å². The predicted octanol–water partition coefficient (Wildman–Crippen LogP) is 3.04. The Morgan fingerprint density at radius 3 is 2.40 bits per heavy atom. The fourth-order valence-electron chi connectivity index (χ4n) is 2.67. The van der Waals surface area contributed by atoms with Gasteiger partial charge in [-0.3, -0.25) is 9.69 Å². The van der Waals surface area contributed by atoms with Gasteiger partial charge in [-0.1, -0.05) is 6.07 Å². The molecule has 0 aliphatic carbocycles. The van der Waals surface area contributed by atoms with Crippen LogP contribution in [0.15, 0.2) is 18.2 Å². The van der Waals surface area contributed by atoms with Crippen LogP contribution in [0.4, 0.5) is 8.78 Å². The molecule has 0 atom stereocenters. The van der Waals surface area contributed by atoms with Gasteiger partial charge in [0.05, 0.1) is 0 Å². The number of likely N-dealkylation sites (tertiary alicyclic amines) is 1. The molecule has 1 N–H and O–H groups in total. The molecule has 0 bridgehead atoms. The Hall–Kier alpha value is -1.49. The van der Waals surface area contributed by atoms with Gasteiger partial charge in [0.15, 0.2) is 0 Å². The Kier molecular flexibility index (Phi) is 5.06. The summed E-state index contributed by atoms with van der Waals surface area (Å²) in [5.74, 6) is -1.36. The van der Waals surface area contributed by atoms with Crippen molar-refractivity contribution >= 4 is 5.97 Å². The molecule has 0 amide bonds. The van der Waals surface area contributed by atoms with Crippen LogP contribution in [-0.4, -0.2) is 29.1 Å². The number of nitrogens with zero attached hydrogens (tertiary/aromatic N) is 1. The van der Waals surface area contributed by atoms with Gasteiger partial charge in [-0.25, -0.2) is 8.78 Å². The summed E-state index contributed by atoms with van der Waals surface area (Å²) in [6, 6.07) is 3.92. The standard InChI is InChI=1S/C15H19F2NO2/c16-13-2-1-3-14(17)12(13)10-18-8-6-11(7-9-18)4-5-15(19)20/h1-3,11H,4-10H2,(H,19,20). The van der Waals surface area contributed by atoms with Crippen molar-refractivity contribution < 1.29 is 18.7 Å². The van der Waals surface area contributed by atoms with E-state index in [-0.39, 0.29) is 18.5 Å². The molecule has 20 heavy (non-hydrogen) atoms. The van der Waals surface area contributed by atoms with Crippen LogP contribution in [0.2, 0.25) is 0 Å². The lowest BCUT2D eigenvalue weighted by atomic mass is 9.92. The number of carboxylic acids is 1. The van der Waals surface area contributed by atoms with E-state index in [0.717, 1.165) is 25.9 Å². The van der Waals surface area contributed by atoms with Gasteiger partial charge < -0.3 is 5.11 Å². The number of carboxylic acid groups (broad SMARTS) is 1. The van der Waals surface area contributed by atoms with E-state index in [1.807, 2.05) is 4.90 Å². The van der Waals surface area contributed by atoms with E-state index in [4.69, 9.17) is 5.11 Å². The molecular weight excluding hydrogens is 264 g/mol. The summed E-state index contributed by atoms with van der Waals surface area (Å²) < 4.78 is 27.1. The number of aliphatic carboxylic acids is 1. The van der Waals surface area contributed by atoms with Crippen LogP contribution in [0.3, 0.4) is 0 Å². The second-order valence-corrected chi connectivity index (χ2v) is 5.35. The molecule has 1 saturated heterocycles. The van der Waals surface area contributed by atoms with Crippen molar-refractivity contribution in [2.45, 2.75) is 32.2 Å². The monoisotopic (exact) mass is 283 g/mol. The Balaban J connectivity index is 1.84. The van der Waals surface area contributed by atoms with Crippen LogP contribution >= 0.6 is 0 Å². The average molecular weight is 283 g/mol. The first-order chi connectivity index (χ1) is 9.56. The van der Waals surface area contributed by atoms with Crippen LogP contribution in [0.5, 0.6) is 0 Å². The van der Waals surface area contributed by atoms with E-state index in [2.05, 4.69) is 0 Å². The van der Waals surface area contributed by atoms with Gasteiger partial charge in [-0.15, -0.1) is 0 Å². The highest BCUT2D eigenvalue weighted by molar-refractivity contribution is 5.66. The summed E-state index contributed by atoms with van der Waals surface area (Å²) in [6.07, 6.45) is 2.68. The number of carbonyl (C=O) groups is 1. The highest BCUT2D eigenvalue weighted by Crippen LogP contribution is 2.24. The minimum Gasteiger partial charge on any atom is -0.481 e. The molecule has 3 nitrogen and oxygen atoms in total. The molecule has 110 valence electrons. The molecule has 1 aliphatic heterocycles. The summed E-state index contributed by atoms with van der Waals surface area (Å²) in [6.45, 7) is 1.81. The van der Waals surface area contributed by atoms with E-state index < -0.39 is 17.6 Å². The van der Waals surface area contributed by atoms with E-state index in [1.165, 1.54) is 18.2 Å². The molecule has 0 aromatic heterocycles. The molecule has 1 aromatic rings. The summed E-state index contributed by atoms with van der Waals surface area (Å²) in [4.78, 5) is 12.6. The fourth-order valence-corrected chi connectivity index (χ4v) is 2.67. The topological polar surface area (TPSA) is 40.5 Å². The second-order valence-electron chi connectivity index (χ2n) is 5.35. The maximum absolute atomic E-state index is 13.6. The third kappa shape index (κ3) is 4.00. The first-order valence-corrected chi connectivity index (χ1v) is 6.93. The van der Waals surface area contributed by atoms with Gasteiger partial charge in [0.25, 0.3) is 0 Å². The van der Waals surface area contributed by atoms with Crippen LogP contribution in [-0.2, 0) is 11.3 Å². The number of halogens is 2. The molecular formula is C15H19F2NO2. The Morgan fingerprint density at radius 1 is 1.25 bits per heavy atom. The van der Waals surface area contributed by atoms with Crippen molar-refractivity contribution in [3.05, 3.63) is 35.4 Å². The summed E-state index contributed by atoms with van der Waals surface area (Å²) >= 11 is 0. The smallest absolute Gasteiger partial charge is 0.303 e. The van der Waals surface area contributed by atoms with Crippen molar-refractivity contribution in [3.63, 3.8) is 0 Å². The summed E-state index contributed by atoms with van der Waals surface area (Å²) in [7, 11) is 0. The van der Waals surface area contributed by atoms with Gasteiger partial charge in [0, 0.05) is 18.5 Å². The molecule has 0 saturated carbocycles. The average Bonchev–Trinajstić information content (AvgIpc) is 2.42. The minimum absolute atomic E-state index is 0.122. The molecule has 2 rings (SSSR count). The fraction of sp³-hybridized carbons (Fsp3) is 0.533. The molecule has 5 heteroatoms. The van der Waals surface area contributed by atoms with Gasteiger partial charge in [0.2, 0.25) is 0 Å². The number of hydrogen-bond donors (Lipinski definition) is 1. The highest BCUT2D eigenvalue weighted by atomic mass is 19.1. The second kappa shape index (κ2) is 6.79. The molecule has 1 heterocycles. The van der Waals surface area contributed by atoms with Crippen LogP contribution in [0.25, 0.3) is 0 Å². The van der Waals surface area contributed by atoms with Crippen molar-refractivity contribution in [2.75, 3.05) is 13.1 Å². The minimum atomic E-state index is -0.763. The SMILES string of the molecule is O=C(O)CCC1CCN(Cc2c(F)cccc2F)CC1. The molecule has 1 aromatic carbocycles. The lowest BCUT2D eigenvalue weighted by molar-refractivity contribution is -0.137. The van der Waals surface area contributed by atoms with Crippen molar-refractivity contribution in [2.24, 2.45) is 5.92 Å². The van der Waals surface area contributed by atoms with Crippen molar-refractivity contribution in [1.82, 2.24) is 4.90 Å². The lowest BCUT2D eigenvalue weighted by Crippen LogP contribution is -2.33. The number of rotatable bonds is 5. The third-order valence-corrected chi connectivity index (χ3v) is 3.92. The van der Waals surface area contributed by atoms with Gasteiger partial charge in [-0.05, 0) is 50.4 Å². The quantitative estimate of drug-likeness (QED) is 0.903. The van der Waals surface area contributed by atoms with Gasteiger partial charge in [0.1, 0.15) is 11.6 Å². The lowest BCUT2D eigenvalue weighted by Gasteiger charge is -2.31. The molecule has 0 radical (unpaired) electrons. The largest absolute Gasteiger partial charge is 0.481 e. The Morgan fingerprint density at radius 2 is 1.85 bits per heavy atom. The third-order valence-electron chi connectivity index (χ3n) is 3.92. The molecule has 1 fully saturated rings. The summed E-state index contributed by atoms with van der Waals surface area (Å²) in [5, 5.41) is 8.66. The maximum atomic E-state index is 13.6. The number of hydrogen-bond acceptors (Lipinski definition) is 2. The van der Waals surface area contributed by atoms with Gasteiger partial charge >= 0.3 is 5.97 Å². The van der Waals surface area contributed by atoms with Crippen LogP contribution in [0, 0.1) is 17.6 Å². The highest BCUT2D eigenvalue weighted by Gasteiger charge is 2.21. The molecule has 1 aliphatic rings. The molecule has 0 spiro atoms. The van der Waals surface area contributed by atoms with Crippen molar-refractivity contribution in [3.8, 4) is 0 Å². The number of benzene rings is 1. The van der Waals surface area contributed by atoms with E-state index in [9.17, 15) is 13.6 Å². The van der Waals surface area contributed by atoms with E-state index in [0.29, 0.717) is 12.3 Å². The Labute approximate surface area is 117 Å². The van der Waals surface area contributed by atoms with E-state index >= 15 is 0 Å². The Bertz CT molecular complexity index is 451. The zero-order chi connectivity index (χ0) is 14.5. The maximum Gasteiger partial charge on any atom is 0.303 e.